The van der Waals surface area contributed by atoms with E-state index in [4.69, 9.17) is 11.6 Å². The number of aryl methyl sites for hydroxylation is 1. The maximum absolute atomic E-state index is 12.1. The van der Waals surface area contributed by atoms with Crippen LogP contribution in [0.1, 0.15) is 25.1 Å². The van der Waals surface area contributed by atoms with Gasteiger partial charge < -0.3 is 5.32 Å². The molecule has 1 aliphatic rings. The Morgan fingerprint density at radius 1 is 1.36 bits per heavy atom. The first-order valence-corrected chi connectivity index (χ1v) is 8.68. The molecule has 6 nitrogen and oxygen atoms in total. The molecule has 1 atom stereocenters. The van der Waals surface area contributed by atoms with Gasteiger partial charge in [0, 0.05) is 23.1 Å². The standard InChI is InChI=1S/C14H18ClN3O3S/c1-9-4-5-10(16-11(9)15)8-22(21)7-6-18-12(19)14(2,3)17-13(18)20/h4-5H,6-8H2,1-3H3,(H,17,20). The Morgan fingerprint density at radius 2 is 2.05 bits per heavy atom. The molecule has 0 radical (unpaired) electrons. The van der Waals surface area contributed by atoms with Gasteiger partial charge in [-0.2, -0.15) is 0 Å². The van der Waals surface area contributed by atoms with Crippen LogP contribution in [0, 0.1) is 6.92 Å². The molecule has 1 fully saturated rings. The van der Waals surface area contributed by atoms with Crippen molar-refractivity contribution < 1.29 is 13.8 Å². The fourth-order valence-electron chi connectivity index (χ4n) is 2.07. The Labute approximate surface area is 136 Å². The molecule has 0 aliphatic carbocycles. The summed E-state index contributed by atoms with van der Waals surface area (Å²) in [6, 6.07) is 3.15. The number of urea groups is 1. The summed E-state index contributed by atoms with van der Waals surface area (Å²) in [6.07, 6.45) is 0. The average Bonchev–Trinajstić information content (AvgIpc) is 2.61. The number of halogens is 1. The molecule has 0 bridgehead atoms. The van der Waals surface area contributed by atoms with E-state index in [1.165, 1.54) is 0 Å². The van der Waals surface area contributed by atoms with Crippen LogP contribution in [0.4, 0.5) is 4.79 Å². The third-order valence-corrected chi connectivity index (χ3v) is 5.03. The Bertz CT molecular complexity index is 648. The Balaban J connectivity index is 1.92. The third-order valence-electron chi connectivity index (χ3n) is 3.39. The van der Waals surface area contributed by atoms with Crippen molar-refractivity contribution in [1.29, 1.82) is 0 Å². The number of imide groups is 1. The minimum absolute atomic E-state index is 0.125. The van der Waals surface area contributed by atoms with E-state index in [1.54, 1.807) is 19.9 Å². The number of hydrogen-bond acceptors (Lipinski definition) is 4. The smallest absolute Gasteiger partial charge is 0.324 e. The van der Waals surface area contributed by atoms with E-state index >= 15 is 0 Å². The van der Waals surface area contributed by atoms with Gasteiger partial charge >= 0.3 is 6.03 Å². The van der Waals surface area contributed by atoms with E-state index in [1.807, 2.05) is 13.0 Å². The molecule has 0 spiro atoms. The molecule has 1 aliphatic heterocycles. The van der Waals surface area contributed by atoms with Crippen LogP contribution in [0.25, 0.3) is 0 Å². The van der Waals surface area contributed by atoms with Crippen LogP contribution in [0.5, 0.6) is 0 Å². The monoisotopic (exact) mass is 343 g/mol. The molecule has 3 amide bonds. The van der Waals surface area contributed by atoms with Crippen molar-refractivity contribution in [2.75, 3.05) is 12.3 Å². The minimum Gasteiger partial charge on any atom is -0.324 e. The molecular formula is C14H18ClN3O3S. The fourth-order valence-corrected chi connectivity index (χ4v) is 3.27. The number of rotatable bonds is 5. The van der Waals surface area contributed by atoms with Crippen molar-refractivity contribution in [1.82, 2.24) is 15.2 Å². The van der Waals surface area contributed by atoms with E-state index in [-0.39, 0.29) is 24.0 Å². The van der Waals surface area contributed by atoms with E-state index in [0.29, 0.717) is 10.8 Å². The number of hydrogen-bond donors (Lipinski definition) is 1. The molecule has 0 saturated carbocycles. The zero-order valence-electron chi connectivity index (χ0n) is 12.7. The molecule has 1 aromatic rings. The van der Waals surface area contributed by atoms with Gasteiger partial charge in [-0.1, -0.05) is 17.7 Å². The molecular weight excluding hydrogens is 326 g/mol. The summed E-state index contributed by atoms with van der Waals surface area (Å²) in [5.74, 6) is 0.154. The summed E-state index contributed by atoms with van der Waals surface area (Å²) in [4.78, 5) is 29.0. The van der Waals surface area contributed by atoms with Gasteiger partial charge in [-0.25, -0.2) is 9.78 Å². The first-order chi connectivity index (χ1) is 10.2. The second-order valence-electron chi connectivity index (χ2n) is 5.71. The molecule has 2 rings (SSSR count). The Kier molecular flexibility index (Phi) is 4.87. The number of nitrogens with zero attached hydrogens (tertiary/aromatic N) is 2. The number of amides is 3. The lowest BCUT2D eigenvalue weighted by atomic mass is 10.1. The summed E-state index contributed by atoms with van der Waals surface area (Å²) in [5.41, 5.74) is 0.592. The van der Waals surface area contributed by atoms with Crippen molar-refractivity contribution in [2.45, 2.75) is 32.1 Å². The summed E-state index contributed by atoms with van der Waals surface area (Å²) in [5, 5.41) is 2.98. The number of carbonyl (C=O) groups is 2. The summed E-state index contributed by atoms with van der Waals surface area (Å²) in [6.45, 7) is 5.25. The lowest BCUT2D eigenvalue weighted by molar-refractivity contribution is -0.130. The topological polar surface area (TPSA) is 79.4 Å². The van der Waals surface area contributed by atoms with Gasteiger partial charge in [-0.05, 0) is 32.4 Å². The predicted molar refractivity (Wildman–Crippen MR) is 85.0 cm³/mol. The summed E-state index contributed by atoms with van der Waals surface area (Å²) < 4.78 is 12.1. The molecule has 1 saturated heterocycles. The highest BCUT2D eigenvalue weighted by Crippen LogP contribution is 2.17. The van der Waals surface area contributed by atoms with Gasteiger partial charge in [0.2, 0.25) is 0 Å². The van der Waals surface area contributed by atoms with Crippen LogP contribution >= 0.6 is 11.6 Å². The zero-order chi connectivity index (χ0) is 16.5. The second-order valence-corrected chi connectivity index (χ2v) is 7.65. The van der Waals surface area contributed by atoms with Crippen molar-refractivity contribution in [2.24, 2.45) is 0 Å². The first kappa shape index (κ1) is 16.9. The average molecular weight is 344 g/mol. The fraction of sp³-hybridized carbons (Fsp3) is 0.500. The maximum atomic E-state index is 12.1. The number of pyridine rings is 1. The highest BCUT2D eigenvalue weighted by molar-refractivity contribution is 7.84. The van der Waals surface area contributed by atoms with Crippen LogP contribution < -0.4 is 5.32 Å². The highest BCUT2D eigenvalue weighted by Gasteiger charge is 2.43. The van der Waals surface area contributed by atoms with Crippen LogP contribution in [0.3, 0.4) is 0 Å². The molecule has 8 heteroatoms. The lowest BCUT2D eigenvalue weighted by Gasteiger charge is -2.15. The van der Waals surface area contributed by atoms with E-state index in [2.05, 4.69) is 10.3 Å². The largest absolute Gasteiger partial charge is 0.325 e. The maximum Gasteiger partial charge on any atom is 0.325 e. The molecule has 2 heterocycles. The van der Waals surface area contributed by atoms with Crippen molar-refractivity contribution in [3.63, 3.8) is 0 Å². The van der Waals surface area contributed by atoms with Crippen LogP contribution in [0.15, 0.2) is 12.1 Å². The van der Waals surface area contributed by atoms with Crippen LogP contribution in [-0.4, -0.2) is 43.9 Å². The van der Waals surface area contributed by atoms with Gasteiger partial charge in [0.25, 0.3) is 5.91 Å². The Hall–Kier alpha value is -1.47. The molecule has 22 heavy (non-hydrogen) atoms. The Morgan fingerprint density at radius 3 is 2.59 bits per heavy atom. The van der Waals surface area contributed by atoms with Gasteiger partial charge in [0.15, 0.2) is 0 Å². The minimum atomic E-state index is -1.23. The quantitative estimate of drug-likeness (QED) is 0.651. The highest BCUT2D eigenvalue weighted by atomic mass is 35.5. The molecule has 120 valence electrons. The second kappa shape index (κ2) is 6.34. The third kappa shape index (κ3) is 3.64. The van der Waals surface area contributed by atoms with Crippen molar-refractivity contribution in [3.05, 3.63) is 28.5 Å². The molecule has 1 aromatic heterocycles. The first-order valence-electron chi connectivity index (χ1n) is 6.82. The van der Waals surface area contributed by atoms with Crippen LogP contribution in [-0.2, 0) is 21.3 Å². The SMILES string of the molecule is Cc1ccc(CS(=O)CCN2C(=O)NC(C)(C)C2=O)nc1Cl. The van der Waals surface area contributed by atoms with E-state index < -0.39 is 22.4 Å². The zero-order valence-corrected chi connectivity index (χ0v) is 14.3. The predicted octanol–water partition coefficient (Wildman–Crippen LogP) is 1.62. The molecule has 0 aromatic carbocycles. The van der Waals surface area contributed by atoms with Gasteiger partial charge in [-0.15, -0.1) is 0 Å². The van der Waals surface area contributed by atoms with Crippen molar-refractivity contribution in [3.8, 4) is 0 Å². The summed E-state index contributed by atoms with van der Waals surface area (Å²) >= 11 is 5.93. The van der Waals surface area contributed by atoms with Gasteiger partial charge in [-0.3, -0.25) is 13.9 Å². The number of aromatic nitrogens is 1. The van der Waals surface area contributed by atoms with Gasteiger partial charge in [0.05, 0.1) is 11.4 Å². The van der Waals surface area contributed by atoms with E-state index in [0.717, 1.165) is 10.5 Å². The molecule has 1 unspecified atom stereocenters. The molecule has 1 N–H and O–H groups in total. The lowest BCUT2D eigenvalue weighted by Crippen LogP contribution is -2.40. The van der Waals surface area contributed by atoms with Crippen LogP contribution in [0.2, 0.25) is 5.15 Å². The van der Waals surface area contributed by atoms with Crippen molar-refractivity contribution >= 4 is 34.3 Å². The normalized spacial score (nSPS) is 18.5. The number of carbonyl (C=O) groups excluding carboxylic acids is 2. The summed E-state index contributed by atoms with van der Waals surface area (Å²) in [7, 11) is -1.23. The number of nitrogens with one attached hydrogen (secondary N) is 1. The van der Waals surface area contributed by atoms with Gasteiger partial charge in [0.1, 0.15) is 10.7 Å². The van der Waals surface area contributed by atoms with E-state index in [9.17, 15) is 13.8 Å².